The maximum Gasteiger partial charge on any atom is 0.249 e. The van der Waals surface area contributed by atoms with E-state index in [2.05, 4.69) is 9.88 Å². The Bertz CT molecular complexity index is 504. The standard InChI is InChI=1S/C12H16BN3O2/c1-7-12(17)15(2)9-3-4-10(13)14-11(9)16(7)8-5-18-6-8/h3-4,7-8H,5-6,13H2,1-2H3. The van der Waals surface area contributed by atoms with E-state index in [4.69, 9.17) is 4.74 Å². The van der Waals surface area contributed by atoms with E-state index >= 15 is 0 Å². The van der Waals surface area contributed by atoms with Crippen LogP contribution in [0.15, 0.2) is 12.1 Å². The maximum absolute atomic E-state index is 12.2. The minimum atomic E-state index is -0.175. The monoisotopic (exact) mass is 245 g/mol. The molecule has 0 spiro atoms. The number of nitrogens with zero attached hydrogens (tertiary/aromatic N) is 3. The fourth-order valence-electron chi connectivity index (χ4n) is 2.56. The predicted molar refractivity (Wildman–Crippen MR) is 72.4 cm³/mol. The molecule has 0 bridgehead atoms. The van der Waals surface area contributed by atoms with Crippen LogP contribution in [0.4, 0.5) is 11.5 Å². The van der Waals surface area contributed by atoms with Gasteiger partial charge in [-0.1, -0.05) is 0 Å². The quantitative estimate of drug-likeness (QED) is 0.590. The smallest absolute Gasteiger partial charge is 0.249 e. The Kier molecular flexibility index (Phi) is 2.55. The van der Waals surface area contributed by atoms with E-state index < -0.39 is 0 Å². The van der Waals surface area contributed by atoms with Crippen LogP contribution in [0.25, 0.3) is 0 Å². The van der Waals surface area contributed by atoms with Crippen LogP contribution in [0.5, 0.6) is 0 Å². The fraction of sp³-hybridized carbons (Fsp3) is 0.500. The number of carbonyl (C=O) groups excluding carboxylic acids is 1. The van der Waals surface area contributed by atoms with Gasteiger partial charge >= 0.3 is 0 Å². The Hall–Kier alpha value is -1.56. The SMILES string of the molecule is Bc1ccc2c(n1)N(C1COC1)C(C)C(=O)N2C. The molecule has 18 heavy (non-hydrogen) atoms. The Morgan fingerprint density at radius 3 is 2.78 bits per heavy atom. The molecule has 3 rings (SSSR count). The van der Waals surface area contributed by atoms with Gasteiger partial charge in [0.15, 0.2) is 13.7 Å². The highest BCUT2D eigenvalue weighted by Crippen LogP contribution is 2.35. The number of carbonyl (C=O) groups is 1. The molecular weight excluding hydrogens is 229 g/mol. The van der Waals surface area contributed by atoms with Crippen molar-refractivity contribution < 1.29 is 9.53 Å². The van der Waals surface area contributed by atoms with Crippen molar-refractivity contribution in [3.8, 4) is 0 Å². The van der Waals surface area contributed by atoms with E-state index in [0.717, 1.165) is 17.1 Å². The van der Waals surface area contributed by atoms with Crippen molar-refractivity contribution in [3.05, 3.63) is 12.1 Å². The number of likely N-dealkylation sites (N-methyl/N-ethyl adjacent to an activating group) is 1. The van der Waals surface area contributed by atoms with Gasteiger partial charge in [0.1, 0.15) is 6.04 Å². The first-order valence-corrected chi connectivity index (χ1v) is 6.21. The van der Waals surface area contributed by atoms with Crippen LogP contribution in [0, 0.1) is 0 Å². The third-order valence-electron chi connectivity index (χ3n) is 3.72. The molecule has 0 saturated carbocycles. The fourth-order valence-corrected chi connectivity index (χ4v) is 2.56. The lowest BCUT2D eigenvalue weighted by Crippen LogP contribution is -2.60. The summed E-state index contributed by atoms with van der Waals surface area (Å²) in [5.74, 6) is 1.01. The van der Waals surface area contributed by atoms with Crippen molar-refractivity contribution in [3.63, 3.8) is 0 Å². The first kappa shape index (κ1) is 11.5. The van der Waals surface area contributed by atoms with Gasteiger partial charge in [-0.2, -0.15) is 0 Å². The van der Waals surface area contributed by atoms with Crippen LogP contribution in [0.1, 0.15) is 6.92 Å². The van der Waals surface area contributed by atoms with E-state index in [1.54, 1.807) is 4.90 Å². The van der Waals surface area contributed by atoms with Crippen molar-refractivity contribution in [1.29, 1.82) is 0 Å². The van der Waals surface area contributed by atoms with Crippen molar-refractivity contribution in [2.75, 3.05) is 30.1 Å². The number of hydrogen-bond donors (Lipinski definition) is 0. The van der Waals surface area contributed by atoms with Gasteiger partial charge < -0.3 is 14.5 Å². The van der Waals surface area contributed by atoms with Crippen LogP contribution in [0.3, 0.4) is 0 Å². The Morgan fingerprint density at radius 2 is 2.17 bits per heavy atom. The zero-order chi connectivity index (χ0) is 12.9. The predicted octanol–water partition coefficient (Wildman–Crippen LogP) is -1.09. The van der Waals surface area contributed by atoms with Crippen molar-refractivity contribution in [2.24, 2.45) is 0 Å². The number of aromatic nitrogens is 1. The molecule has 1 aromatic rings. The highest BCUT2D eigenvalue weighted by atomic mass is 16.5. The van der Waals surface area contributed by atoms with Gasteiger partial charge in [0.25, 0.3) is 0 Å². The second-order valence-corrected chi connectivity index (χ2v) is 4.97. The third kappa shape index (κ3) is 1.52. The molecule has 1 amide bonds. The molecule has 0 aromatic carbocycles. The molecule has 2 aliphatic heterocycles. The lowest BCUT2D eigenvalue weighted by molar-refractivity contribution is -0.120. The van der Waals surface area contributed by atoms with Crippen LogP contribution >= 0.6 is 0 Å². The second kappa shape index (κ2) is 3.98. The zero-order valence-electron chi connectivity index (χ0n) is 10.9. The molecule has 5 nitrogen and oxygen atoms in total. The van der Waals surface area contributed by atoms with E-state index in [0.29, 0.717) is 13.2 Å². The molecule has 0 aliphatic carbocycles. The Balaban J connectivity index is 2.11. The molecule has 2 aliphatic rings. The highest BCUT2D eigenvalue weighted by molar-refractivity contribution is 6.31. The highest BCUT2D eigenvalue weighted by Gasteiger charge is 2.40. The summed E-state index contributed by atoms with van der Waals surface area (Å²) in [4.78, 5) is 20.7. The number of pyridine rings is 1. The number of ether oxygens (including phenoxy) is 1. The molecule has 6 heteroatoms. The minimum Gasteiger partial charge on any atom is -0.377 e. The molecule has 0 N–H and O–H groups in total. The van der Waals surface area contributed by atoms with E-state index in [1.165, 1.54) is 0 Å². The van der Waals surface area contributed by atoms with Gasteiger partial charge in [-0.15, -0.1) is 0 Å². The van der Waals surface area contributed by atoms with Gasteiger partial charge in [0, 0.05) is 7.05 Å². The van der Waals surface area contributed by atoms with Gasteiger partial charge in [0.2, 0.25) is 5.91 Å². The van der Waals surface area contributed by atoms with Crippen LogP contribution in [-0.4, -0.2) is 51.1 Å². The molecular formula is C12H16BN3O2. The number of amides is 1. The van der Waals surface area contributed by atoms with Crippen molar-refractivity contribution in [2.45, 2.75) is 19.0 Å². The summed E-state index contributed by atoms with van der Waals surface area (Å²) >= 11 is 0. The van der Waals surface area contributed by atoms with Gasteiger partial charge in [-0.3, -0.25) is 4.79 Å². The molecule has 1 fully saturated rings. The molecule has 0 radical (unpaired) electrons. The second-order valence-electron chi connectivity index (χ2n) is 4.97. The van der Waals surface area contributed by atoms with Crippen LogP contribution in [-0.2, 0) is 9.53 Å². The van der Waals surface area contributed by atoms with Gasteiger partial charge in [-0.25, -0.2) is 4.98 Å². The summed E-state index contributed by atoms with van der Waals surface area (Å²) in [6.07, 6.45) is 0. The summed E-state index contributed by atoms with van der Waals surface area (Å²) in [5, 5.41) is 0. The summed E-state index contributed by atoms with van der Waals surface area (Å²) in [6.45, 7) is 3.29. The molecule has 1 aromatic heterocycles. The summed E-state index contributed by atoms with van der Waals surface area (Å²) < 4.78 is 5.25. The molecule has 3 heterocycles. The number of rotatable bonds is 1. The first-order valence-electron chi connectivity index (χ1n) is 6.21. The lowest BCUT2D eigenvalue weighted by atomic mass is 10.0. The largest absolute Gasteiger partial charge is 0.377 e. The summed E-state index contributed by atoms with van der Waals surface area (Å²) in [6, 6.07) is 4.00. The first-order chi connectivity index (χ1) is 8.59. The number of fused-ring (bicyclic) bond motifs is 1. The Labute approximate surface area is 107 Å². The van der Waals surface area contributed by atoms with E-state index in [1.807, 2.05) is 34.0 Å². The van der Waals surface area contributed by atoms with Crippen molar-refractivity contribution >= 4 is 30.9 Å². The molecule has 94 valence electrons. The lowest BCUT2D eigenvalue weighted by Gasteiger charge is -2.46. The average Bonchev–Trinajstić information content (AvgIpc) is 2.29. The molecule has 1 unspecified atom stereocenters. The topological polar surface area (TPSA) is 45.7 Å². The normalized spacial score (nSPS) is 23.9. The van der Waals surface area contributed by atoms with E-state index in [9.17, 15) is 4.79 Å². The van der Waals surface area contributed by atoms with Gasteiger partial charge in [0.05, 0.1) is 24.9 Å². The third-order valence-corrected chi connectivity index (χ3v) is 3.72. The number of hydrogen-bond acceptors (Lipinski definition) is 4. The van der Waals surface area contributed by atoms with Crippen molar-refractivity contribution in [1.82, 2.24) is 4.98 Å². The Morgan fingerprint density at radius 1 is 1.44 bits per heavy atom. The number of anilines is 2. The van der Waals surface area contributed by atoms with Gasteiger partial charge in [-0.05, 0) is 24.6 Å². The summed E-state index contributed by atoms with van der Waals surface area (Å²) in [5.41, 5.74) is 1.85. The zero-order valence-corrected chi connectivity index (χ0v) is 10.9. The van der Waals surface area contributed by atoms with Crippen LogP contribution < -0.4 is 15.4 Å². The minimum absolute atomic E-state index is 0.111. The average molecular weight is 245 g/mol. The molecule has 1 saturated heterocycles. The molecule has 1 atom stereocenters. The maximum atomic E-state index is 12.2. The van der Waals surface area contributed by atoms with Crippen LogP contribution in [0.2, 0.25) is 0 Å². The van der Waals surface area contributed by atoms with E-state index in [-0.39, 0.29) is 18.0 Å². The summed E-state index contributed by atoms with van der Waals surface area (Å²) in [7, 11) is 3.78.